The zero-order valence-corrected chi connectivity index (χ0v) is 14.2. The van der Waals surface area contributed by atoms with Gasteiger partial charge in [-0.15, -0.1) is 6.58 Å². The molecule has 118 valence electrons. The van der Waals surface area contributed by atoms with Crippen LogP contribution in [0, 0.1) is 0 Å². The van der Waals surface area contributed by atoms with Crippen molar-refractivity contribution in [2.24, 2.45) is 0 Å². The van der Waals surface area contributed by atoms with Gasteiger partial charge in [0.05, 0.1) is 17.6 Å². The van der Waals surface area contributed by atoms with Crippen LogP contribution in [0.1, 0.15) is 58.0 Å². The van der Waals surface area contributed by atoms with E-state index in [2.05, 4.69) is 56.5 Å². The van der Waals surface area contributed by atoms with Gasteiger partial charge in [-0.25, -0.2) is 9.97 Å². The molecular weight excluding hydrogens is 260 g/mol. The van der Waals surface area contributed by atoms with E-state index in [1.165, 1.54) is 0 Å². The molecule has 0 aliphatic carbocycles. The molecule has 0 atom stereocenters. The predicted octanol–water partition coefficient (Wildman–Crippen LogP) is 3.50. The maximum atomic E-state index is 4.76. The van der Waals surface area contributed by atoms with Crippen molar-refractivity contribution in [2.75, 3.05) is 18.5 Å². The zero-order valence-electron chi connectivity index (χ0n) is 14.2. The Morgan fingerprint density at radius 1 is 1.33 bits per heavy atom. The molecule has 1 N–H and O–H groups in total. The molecule has 0 aliphatic heterocycles. The minimum atomic E-state index is 0.350. The zero-order chi connectivity index (χ0) is 15.8. The Morgan fingerprint density at radius 3 is 2.62 bits per heavy atom. The normalized spacial score (nSPS) is 11.2. The average Bonchev–Trinajstić information content (AvgIpc) is 2.44. The first kappa shape index (κ1) is 17.6. The Balaban J connectivity index is 2.91. The van der Waals surface area contributed by atoms with Gasteiger partial charge >= 0.3 is 0 Å². The average molecular weight is 290 g/mol. The molecule has 1 rings (SSSR count). The van der Waals surface area contributed by atoms with Gasteiger partial charge in [-0.2, -0.15) is 0 Å². The van der Waals surface area contributed by atoms with E-state index in [-0.39, 0.29) is 0 Å². The van der Waals surface area contributed by atoms with Gasteiger partial charge in [0.15, 0.2) is 0 Å². The summed E-state index contributed by atoms with van der Waals surface area (Å²) in [5.41, 5.74) is 2.21. The van der Waals surface area contributed by atoms with Crippen LogP contribution >= 0.6 is 0 Å². The summed E-state index contributed by atoms with van der Waals surface area (Å²) in [6, 6.07) is 0.446. The number of allylic oxidation sites excluding steroid dienone is 1. The number of rotatable bonds is 9. The number of unbranched alkanes of at least 4 members (excludes halogenated alkanes) is 1. The summed E-state index contributed by atoms with van der Waals surface area (Å²) in [5, 5.41) is 3.46. The highest BCUT2D eigenvalue weighted by atomic mass is 15.1. The molecule has 0 saturated carbocycles. The lowest BCUT2D eigenvalue weighted by atomic mass is 10.2. The number of aromatic nitrogens is 2. The van der Waals surface area contributed by atoms with Crippen molar-refractivity contribution in [1.29, 1.82) is 0 Å². The van der Waals surface area contributed by atoms with Crippen LogP contribution in [0.4, 0.5) is 5.69 Å². The highest BCUT2D eigenvalue weighted by molar-refractivity contribution is 5.48. The van der Waals surface area contributed by atoms with E-state index >= 15 is 0 Å². The topological polar surface area (TPSA) is 41.1 Å². The van der Waals surface area contributed by atoms with Gasteiger partial charge in [-0.05, 0) is 12.8 Å². The second-order valence-electron chi connectivity index (χ2n) is 6.10. The number of anilines is 1. The first-order valence-electron chi connectivity index (χ1n) is 7.87. The lowest BCUT2D eigenvalue weighted by molar-refractivity contribution is 0.576. The molecule has 1 aromatic rings. The van der Waals surface area contributed by atoms with E-state index in [1.807, 2.05) is 12.3 Å². The van der Waals surface area contributed by atoms with Gasteiger partial charge in [0.25, 0.3) is 0 Å². The molecule has 0 aliphatic rings. The van der Waals surface area contributed by atoms with Gasteiger partial charge < -0.3 is 10.2 Å². The maximum Gasteiger partial charge on any atom is 0.131 e. The van der Waals surface area contributed by atoms with Gasteiger partial charge in [0.1, 0.15) is 5.82 Å². The lowest BCUT2D eigenvalue weighted by Crippen LogP contribution is -2.27. The van der Waals surface area contributed by atoms with Gasteiger partial charge in [-0.3, -0.25) is 0 Å². The Kier molecular flexibility index (Phi) is 7.37. The van der Waals surface area contributed by atoms with Gasteiger partial charge in [0, 0.05) is 32.1 Å². The summed E-state index contributed by atoms with van der Waals surface area (Å²) in [5.74, 6) is 1.27. The maximum absolute atomic E-state index is 4.76. The fourth-order valence-corrected chi connectivity index (χ4v) is 2.05. The van der Waals surface area contributed by atoms with Crippen molar-refractivity contribution in [3.63, 3.8) is 0 Å². The highest BCUT2D eigenvalue weighted by Crippen LogP contribution is 2.20. The molecule has 0 radical (unpaired) electrons. The predicted molar refractivity (Wildman–Crippen MR) is 90.8 cm³/mol. The number of nitrogens with one attached hydrogen (secondary N) is 1. The second-order valence-corrected chi connectivity index (χ2v) is 6.10. The van der Waals surface area contributed by atoms with Crippen molar-refractivity contribution in [2.45, 2.75) is 59.0 Å². The Morgan fingerprint density at radius 2 is 2.05 bits per heavy atom. The molecule has 0 spiro atoms. The van der Waals surface area contributed by atoms with Crippen LogP contribution in [0.15, 0.2) is 18.9 Å². The van der Waals surface area contributed by atoms with E-state index in [0.29, 0.717) is 12.0 Å². The van der Waals surface area contributed by atoms with Gasteiger partial charge in [0.2, 0.25) is 0 Å². The third-order valence-electron chi connectivity index (χ3n) is 3.37. The molecule has 4 heteroatoms. The molecule has 1 aromatic heterocycles. The van der Waals surface area contributed by atoms with Crippen LogP contribution in [0.2, 0.25) is 0 Å². The van der Waals surface area contributed by atoms with Crippen LogP contribution in [-0.4, -0.2) is 29.6 Å². The van der Waals surface area contributed by atoms with E-state index in [0.717, 1.165) is 43.1 Å². The quantitative estimate of drug-likeness (QED) is 0.558. The summed E-state index contributed by atoms with van der Waals surface area (Å²) >= 11 is 0. The monoisotopic (exact) mass is 290 g/mol. The highest BCUT2D eigenvalue weighted by Gasteiger charge is 2.13. The molecule has 4 nitrogen and oxygen atoms in total. The van der Waals surface area contributed by atoms with Crippen LogP contribution in [0.5, 0.6) is 0 Å². The molecule has 21 heavy (non-hydrogen) atoms. The molecule has 0 aromatic carbocycles. The Bertz CT molecular complexity index is 440. The van der Waals surface area contributed by atoms with Gasteiger partial charge in [-0.1, -0.05) is 33.8 Å². The molecule has 1 heterocycles. The second kappa shape index (κ2) is 8.78. The first-order valence-corrected chi connectivity index (χ1v) is 7.87. The van der Waals surface area contributed by atoms with E-state index in [4.69, 9.17) is 4.98 Å². The Hall–Kier alpha value is -1.42. The summed E-state index contributed by atoms with van der Waals surface area (Å²) in [4.78, 5) is 11.5. The number of hydrogen-bond acceptors (Lipinski definition) is 4. The summed E-state index contributed by atoms with van der Waals surface area (Å²) in [7, 11) is 2.11. The van der Waals surface area contributed by atoms with E-state index in [9.17, 15) is 0 Å². The minimum absolute atomic E-state index is 0.350. The third kappa shape index (κ3) is 5.84. The molecule has 0 fully saturated rings. The first-order chi connectivity index (χ1) is 9.95. The fraction of sp³-hybridized carbons (Fsp3) is 0.647. The molecule has 0 bridgehead atoms. The summed E-state index contributed by atoms with van der Waals surface area (Å²) in [6.07, 6.45) is 6.07. The van der Waals surface area contributed by atoms with Crippen molar-refractivity contribution >= 4 is 5.69 Å². The van der Waals surface area contributed by atoms with Crippen LogP contribution < -0.4 is 10.2 Å². The van der Waals surface area contributed by atoms with Crippen molar-refractivity contribution in [3.8, 4) is 0 Å². The van der Waals surface area contributed by atoms with Crippen LogP contribution in [-0.2, 0) is 6.54 Å². The van der Waals surface area contributed by atoms with E-state index < -0.39 is 0 Å². The largest absolute Gasteiger partial charge is 0.372 e. The third-order valence-corrected chi connectivity index (χ3v) is 3.37. The van der Waals surface area contributed by atoms with Crippen molar-refractivity contribution < 1.29 is 0 Å². The molecule has 0 unspecified atom stereocenters. The molecule has 0 saturated heterocycles. The lowest BCUT2D eigenvalue weighted by Gasteiger charge is -2.23. The van der Waals surface area contributed by atoms with Crippen molar-refractivity contribution in [3.05, 3.63) is 30.4 Å². The smallest absolute Gasteiger partial charge is 0.131 e. The standard InChI is InChI=1S/C17H30N4/c1-7-8-9-10-21(6)16-12-19-17(13(2)3)20-15(16)11-18-14(4)5/h7,12-14,18H,1,8-11H2,2-6H3. The summed E-state index contributed by atoms with van der Waals surface area (Å²) < 4.78 is 0. The number of hydrogen-bond donors (Lipinski definition) is 1. The minimum Gasteiger partial charge on any atom is -0.372 e. The van der Waals surface area contributed by atoms with Crippen LogP contribution in [0.25, 0.3) is 0 Å². The number of nitrogens with zero attached hydrogens (tertiary/aromatic N) is 3. The molecule has 0 amide bonds. The van der Waals surface area contributed by atoms with Crippen LogP contribution in [0.3, 0.4) is 0 Å². The van der Waals surface area contributed by atoms with Crippen molar-refractivity contribution in [1.82, 2.24) is 15.3 Å². The SMILES string of the molecule is C=CCCCN(C)c1cnc(C(C)C)nc1CNC(C)C. The Labute approximate surface area is 129 Å². The molecular formula is C17H30N4. The fourth-order valence-electron chi connectivity index (χ4n) is 2.05. The summed E-state index contributed by atoms with van der Waals surface area (Å²) in [6.45, 7) is 14.1. The van der Waals surface area contributed by atoms with E-state index in [1.54, 1.807) is 0 Å².